The minimum Gasteiger partial charge on any atom is -0.358 e. The van der Waals surface area contributed by atoms with E-state index in [0.29, 0.717) is 16.2 Å². The standard InChI is InChI=1S/C18H20N4O4S2/c23-22(24)17-16(20-18-21(17)9-10-27-18)19-14-6-4-5-13(11-14)12-28(25,26)15-7-2-1-3-8-15/h4-6,9-11,15,19H,1-3,7-8,12H2. The topological polar surface area (TPSA) is 107 Å². The maximum atomic E-state index is 12.7. The van der Waals surface area contributed by atoms with Crippen LogP contribution >= 0.6 is 11.3 Å². The SMILES string of the molecule is O=[N+]([O-])c1c(Nc2cccc(CS(=O)(=O)C3CCCCC3)c2)nc2sccn12. The lowest BCUT2D eigenvalue weighted by Gasteiger charge is -2.21. The van der Waals surface area contributed by atoms with Crippen LogP contribution in [0.15, 0.2) is 35.8 Å². The zero-order valence-corrected chi connectivity index (χ0v) is 16.7. The molecule has 1 saturated carbocycles. The Balaban J connectivity index is 1.57. The molecule has 2 aromatic heterocycles. The van der Waals surface area contributed by atoms with Gasteiger partial charge in [-0.1, -0.05) is 42.7 Å². The van der Waals surface area contributed by atoms with Gasteiger partial charge in [-0.05, 0) is 35.5 Å². The molecule has 1 aliphatic rings. The highest BCUT2D eigenvalue weighted by Crippen LogP contribution is 2.31. The molecule has 0 amide bonds. The van der Waals surface area contributed by atoms with Crippen LogP contribution in [-0.2, 0) is 15.6 Å². The summed E-state index contributed by atoms with van der Waals surface area (Å²) in [4.78, 5) is 15.8. The van der Waals surface area contributed by atoms with Crippen LogP contribution in [0.4, 0.5) is 17.3 Å². The van der Waals surface area contributed by atoms with Crippen LogP contribution in [0.5, 0.6) is 0 Å². The third kappa shape index (κ3) is 3.74. The minimum atomic E-state index is -3.21. The molecule has 1 aliphatic carbocycles. The van der Waals surface area contributed by atoms with Crippen LogP contribution in [0, 0.1) is 10.1 Å². The van der Waals surface area contributed by atoms with Crippen LogP contribution in [0.2, 0.25) is 0 Å². The molecule has 0 aliphatic heterocycles. The number of aromatic nitrogens is 2. The Morgan fingerprint density at radius 1 is 1.29 bits per heavy atom. The smallest absolute Gasteiger partial charge is 0.358 e. The molecule has 4 rings (SSSR count). The molecule has 0 saturated heterocycles. The van der Waals surface area contributed by atoms with E-state index in [0.717, 1.165) is 32.1 Å². The number of hydrogen-bond donors (Lipinski definition) is 1. The molecule has 148 valence electrons. The average Bonchev–Trinajstić information content (AvgIpc) is 3.22. The lowest BCUT2D eigenvalue weighted by molar-refractivity contribution is -0.389. The van der Waals surface area contributed by atoms with E-state index < -0.39 is 14.8 Å². The predicted octanol–water partition coefficient (Wildman–Crippen LogP) is 4.30. The van der Waals surface area contributed by atoms with Crippen molar-refractivity contribution in [2.75, 3.05) is 5.32 Å². The number of fused-ring (bicyclic) bond motifs is 1. The molecule has 0 unspecified atom stereocenters. The summed E-state index contributed by atoms with van der Waals surface area (Å²) >= 11 is 1.31. The highest BCUT2D eigenvalue weighted by Gasteiger charge is 2.28. The van der Waals surface area contributed by atoms with Crippen molar-refractivity contribution in [2.45, 2.75) is 43.1 Å². The zero-order valence-electron chi connectivity index (χ0n) is 15.1. The maximum Gasteiger partial charge on any atom is 0.373 e. The summed E-state index contributed by atoms with van der Waals surface area (Å²) in [6, 6.07) is 6.98. The van der Waals surface area contributed by atoms with Gasteiger partial charge in [0.1, 0.15) is 6.20 Å². The summed E-state index contributed by atoms with van der Waals surface area (Å²) in [5.74, 6) is -0.0197. The second-order valence-corrected chi connectivity index (χ2v) is 10.1. The Morgan fingerprint density at radius 2 is 2.07 bits per heavy atom. The number of thiazole rings is 1. The second-order valence-electron chi connectivity index (χ2n) is 6.99. The molecule has 0 spiro atoms. The van der Waals surface area contributed by atoms with E-state index in [1.807, 2.05) is 0 Å². The summed E-state index contributed by atoms with van der Waals surface area (Å²) in [5.41, 5.74) is 1.24. The lowest BCUT2D eigenvalue weighted by Crippen LogP contribution is -2.25. The summed E-state index contributed by atoms with van der Waals surface area (Å²) < 4.78 is 26.9. The molecule has 2 heterocycles. The first-order valence-electron chi connectivity index (χ1n) is 9.11. The van der Waals surface area contributed by atoms with Gasteiger partial charge < -0.3 is 15.4 Å². The van der Waals surface area contributed by atoms with Crippen molar-refractivity contribution in [1.82, 2.24) is 9.38 Å². The normalized spacial score (nSPS) is 15.7. The fraction of sp³-hybridized carbons (Fsp3) is 0.389. The summed E-state index contributed by atoms with van der Waals surface area (Å²) in [6.07, 6.45) is 6.10. The molecule has 10 heteroatoms. The zero-order chi connectivity index (χ0) is 19.7. The Bertz CT molecular complexity index is 1110. The fourth-order valence-electron chi connectivity index (χ4n) is 3.68. The van der Waals surface area contributed by atoms with Crippen molar-refractivity contribution in [1.29, 1.82) is 0 Å². The minimum absolute atomic E-state index is 0.0203. The fourth-order valence-corrected chi connectivity index (χ4v) is 6.32. The van der Waals surface area contributed by atoms with Crippen molar-refractivity contribution >= 4 is 43.5 Å². The molecule has 1 N–H and O–H groups in total. The van der Waals surface area contributed by atoms with Crippen LogP contribution in [-0.4, -0.2) is 28.0 Å². The molecule has 28 heavy (non-hydrogen) atoms. The second kappa shape index (κ2) is 7.51. The number of benzene rings is 1. The van der Waals surface area contributed by atoms with Crippen molar-refractivity contribution < 1.29 is 13.3 Å². The number of nitrogens with one attached hydrogen (secondary N) is 1. The Hall–Kier alpha value is -2.46. The first kappa shape index (κ1) is 18.9. The number of nitrogens with zero attached hydrogens (tertiary/aromatic N) is 3. The molecule has 0 radical (unpaired) electrons. The Kier molecular flexibility index (Phi) is 5.07. The third-order valence-corrected chi connectivity index (χ3v) is 8.01. The van der Waals surface area contributed by atoms with Gasteiger partial charge in [0.05, 0.1) is 11.0 Å². The molecular weight excluding hydrogens is 400 g/mol. The summed E-state index contributed by atoms with van der Waals surface area (Å²) in [5, 5.41) is 15.9. The molecule has 1 fully saturated rings. The van der Waals surface area contributed by atoms with Gasteiger partial charge in [-0.2, -0.15) is 9.38 Å². The van der Waals surface area contributed by atoms with Gasteiger partial charge in [-0.3, -0.25) is 0 Å². The van der Waals surface area contributed by atoms with Gasteiger partial charge in [0.2, 0.25) is 5.82 Å². The lowest BCUT2D eigenvalue weighted by atomic mass is 10.0. The van der Waals surface area contributed by atoms with E-state index in [2.05, 4.69) is 10.3 Å². The van der Waals surface area contributed by atoms with Crippen molar-refractivity contribution in [3.63, 3.8) is 0 Å². The average molecular weight is 421 g/mol. The van der Waals surface area contributed by atoms with Gasteiger partial charge in [0.15, 0.2) is 9.84 Å². The first-order valence-corrected chi connectivity index (χ1v) is 11.7. The highest BCUT2D eigenvalue weighted by atomic mass is 32.2. The summed E-state index contributed by atoms with van der Waals surface area (Å²) in [6.45, 7) is 0. The highest BCUT2D eigenvalue weighted by molar-refractivity contribution is 7.91. The van der Waals surface area contributed by atoms with Crippen molar-refractivity contribution in [3.05, 3.63) is 51.5 Å². The summed E-state index contributed by atoms with van der Waals surface area (Å²) in [7, 11) is -3.21. The van der Waals surface area contributed by atoms with Crippen LogP contribution < -0.4 is 5.32 Å². The van der Waals surface area contributed by atoms with E-state index in [1.54, 1.807) is 35.8 Å². The van der Waals surface area contributed by atoms with E-state index in [9.17, 15) is 18.5 Å². The predicted molar refractivity (Wildman–Crippen MR) is 109 cm³/mol. The molecular formula is C18H20N4O4S2. The number of rotatable bonds is 6. The molecule has 0 bridgehead atoms. The number of sulfone groups is 1. The molecule has 3 aromatic rings. The Labute approximate surface area is 166 Å². The Morgan fingerprint density at radius 3 is 2.82 bits per heavy atom. The largest absolute Gasteiger partial charge is 0.373 e. The molecule has 1 aromatic carbocycles. The van der Waals surface area contributed by atoms with Crippen LogP contribution in [0.25, 0.3) is 4.96 Å². The number of anilines is 2. The third-order valence-electron chi connectivity index (χ3n) is 5.03. The molecule has 0 atom stereocenters. The van der Waals surface area contributed by atoms with Gasteiger partial charge in [0.25, 0.3) is 4.96 Å². The van der Waals surface area contributed by atoms with Gasteiger partial charge >= 0.3 is 5.82 Å². The maximum absolute atomic E-state index is 12.7. The van der Waals surface area contributed by atoms with E-state index in [1.165, 1.54) is 15.7 Å². The van der Waals surface area contributed by atoms with Gasteiger partial charge in [-0.15, -0.1) is 0 Å². The van der Waals surface area contributed by atoms with Crippen LogP contribution in [0.3, 0.4) is 0 Å². The van der Waals surface area contributed by atoms with Crippen molar-refractivity contribution in [3.8, 4) is 0 Å². The van der Waals surface area contributed by atoms with Crippen LogP contribution in [0.1, 0.15) is 37.7 Å². The van der Waals surface area contributed by atoms with E-state index in [4.69, 9.17) is 0 Å². The van der Waals surface area contributed by atoms with Gasteiger partial charge in [0, 0.05) is 11.1 Å². The molecule has 8 nitrogen and oxygen atoms in total. The first-order chi connectivity index (χ1) is 13.4. The number of hydrogen-bond acceptors (Lipinski definition) is 7. The van der Waals surface area contributed by atoms with E-state index in [-0.39, 0.29) is 22.6 Å². The number of imidazole rings is 1. The quantitative estimate of drug-likeness (QED) is 0.471. The van der Waals surface area contributed by atoms with E-state index >= 15 is 0 Å². The van der Waals surface area contributed by atoms with Crippen molar-refractivity contribution in [2.24, 2.45) is 0 Å². The monoisotopic (exact) mass is 420 g/mol. The number of nitro groups is 1. The van der Waals surface area contributed by atoms with Gasteiger partial charge in [-0.25, -0.2) is 8.42 Å².